The number of benzene rings is 1. The van der Waals surface area contributed by atoms with Gasteiger partial charge < -0.3 is 25.0 Å². The molecule has 1 aromatic rings. The van der Waals surface area contributed by atoms with Crippen LogP contribution in [0.15, 0.2) is 30.3 Å². The van der Waals surface area contributed by atoms with Crippen LogP contribution in [0, 0.1) is 34.5 Å². The maximum atomic E-state index is 13.4. The minimum atomic E-state index is -4.59. The number of carbonyl (C=O) groups is 2. The minimum absolute atomic E-state index is 0.0124. The van der Waals surface area contributed by atoms with Gasteiger partial charge in [-0.3, -0.25) is 14.9 Å². The van der Waals surface area contributed by atoms with Crippen molar-refractivity contribution >= 4 is 18.9 Å². The summed E-state index contributed by atoms with van der Waals surface area (Å²) in [5, 5.41) is 34.0. The van der Waals surface area contributed by atoms with Gasteiger partial charge in [0.1, 0.15) is 11.5 Å². The topological polar surface area (TPSA) is 135 Å². The number of ether oxygens (including phenoxy) is 1. The lowest BCUT2D eigenvalue weighted by atomic mass is 9.76. The van der Waals surface area contributed by atoms with Crippen molar-refractivity contribution in [2.45, 2.75) is 64.2 Å². The van der Waals surface area contributed by atoms with Crippen molar-refractivity contribution in [1.82, 2.24) is 15.5 Å². The van der Waals surface area contributed by atoms with Crippen molar-refractivity contribution in [3.63, 3.8) is 0 Å². The Hall–Kier alpha value is -2.66. The Balaban J connectivity index is 1.63. The van der Waals surface area contributed by atoms with Gasteiger partial charge in [-0.2, -0.15) is 18.4 Å². The maximum absolute atomic E-state index is 13.4. The van der Waals surface area contributed by atoms with Crippen LogP contribution in [-0.2, 0) is 20.7 Å². The van der Waals surface area contributed by atoms with Crippen molar-refractivity contribution in [1.29, 1.82) is 5.26 Å². The summed E-state index contributed by atoms with van der Waals surface area (Å²) in [6, 6.07) is 9.14. The number of hydrogen-bond donors (Lipinski definition) is 4. The summed E-state index contributed by atoms with van der Waals surface area (Å²) in [7, 11) is -1.95. The zero-order valence-corrected chi connectivity index (χ0v) is 23.0. The summed E-state index contributed by atoms with van der Waals surface area (Å²) in [5.41, 5.74) is -0.380. The zero-order chi connectivity index (χ0) is 29.7. The Morgan fingerprint density at radius 3 is 2.50 bits per heavy atom. The van der Waals surface area contributed by atoms with E-state index < -0.39 is 49.8 Å². The van der Waals surface area contributed by atoms with Crippen LogP contribution < -0.4 is 10.6 Å². The Morgan fingerprint density at radius 1 is 1.27 bits per heavy atom. The average Bonchev–Trinajstić information content (AvgIpc) is 3.24. The lowest BCUT2D eigenvalue weighted by molar-refractivity contribution is -0.139. The van der Waals surface area contributed by atoms with Gasteiger partial charge in [0, 0.05) is 6.54 Å². The highest BCUT2D eigenvalue weighted by atomic mass is 19.4. The van der Waals surface area contributed by atoms with Crippen LogP contribution in [0.3, 0.4) is 0 Å². The summed E-state index contributed by atoms with van der Waals surface area (Å²) in [4.78, 5) is 28.0. The number of nitrogens with zero attached hydrogens (tertiary/aromatic N) is 2. The number of nitrogens with one attached hydrogen (secondary N) is 2. The summed E-state index contributed by atoms with van der Waals surface area (Å²) >= 11 is 0. The Kier molecular flexibility index (Phi) is 10.6. The summed E-state index contributed by atoms with van der Waals surface area (Å²) in [6.45, 7) is 4.43. The predicted molar refractivity (Wildman–Crippen MR) is 141 cm³/mol. The molecule has 3 rings (SSSR count). The molecule has 0 aromatic heterocycles. The summed E-state index contributed by atoms with van der Waals surface area (Å²) < 4.78 is 44.5. The Morgan fingerprint density at radius 2 is 1.95 bits per heavy atom. The van der Waals surface area contributed by atoms with Crippen LogP contribution in [0.2, 0.25) is 0 Å². The highest BCUT2D eigenvalue weighted by Crippen LogP contribution is 2.62. The number of rotatable bonds is 13. The first kappa shape index (κ1) is 31.9. The first-order valence-corrected chi connectivity index (χ1v) is 13.6. The van der Waals surface area contributed by atoms with Gasteiger partial charge in [-0.05, 0) is 42.6 Å². The molecule has 220 valence electrons. The Bertz CT molecular complexity index is 1050. The fraction of sp³-hybridized carbons (Fsp3) is 0.667. The fourth-order valence-corrected chi connectivity index (χ4v) is 5.94. The summed E-state index contributed by atoms with van der Waals surface area (Å²) in [5.74, 6) is -2.23. The van der Waals surface area contributed by atoms with Crippen molar-refractivity contribution in [2.24, 2.45) is 23.2 Å². The van der Waals surface area contributed by atoms with E-state index in [2.05, 4.69) is 16.7 Å². The zero-order valence-electron chi connectivity index (χ0n) is 23.0. The molecule has 1 aliphatic heterocycles. The van der Waals surface area contributed by atoms with E-state index in [4.69, 9.17) is 4.74 Å². The van der Waals surface area contributed by atoms with Crippen LogP contribution in [0.1, 0.15) is 39.2 Å². The second-order valence-electron chi connectivity index (χ2n) is 11.1. The van der Waals surface area contributed by atoms with Crippen LogP contribution >= 0.6 is 0 Å². The van der Waals surface area contributed by atoms with Crippen LogP contribution in [0.25, 0.3) is 0 Å². The Labute approximate surface area is 233 Å². The molecule has 0 bridgehead atoms. The molecule has 2 amide bonds. The first-order valence-electron chi connectivity index (χ1n) is 13.6. The molecular formula is C27H38BF3N4O5. The van der Waals surface area contributed by atoms with Crippen molar-refractivity contribution in [3.05, 3.63) is 35.9 Å². The van der Waals surface area contributed by atoms with Gasteiger partial charge in [0.25, 0.3) is 0 Å². The third-order valence-electron chi connectivity index (χ3n) is 8.01. The lowest BCUT2D eigenvalue weighted by Gasteiger charge is -2.28. The molecule has 1 aliphatic carbocycles. The highest BCUT2D eigenvalue weighted by molar-refractivity contribution is 6.43. The number of amides is 2. The third kappa shape index (κ3) is 7.54. The number of carbonyl (C=O) groups excluding carboxylic acids is 2. The molecule has 6 atom stereocenters. The minimum Gasteiger partial charge on any atom is -0.426 e. The average molecular weight is 566 g/mol. The van der Waals surface area contributed by atoms with Crippen molar-refractivity contribution < 1.29 is 37.5 Å². The third-order valence-corrected chi connectivity index (χ3v) is 8.01. The number of halogens is 3. The van der Waals surface area contributed by atoms with E-state index in [-0.39, 0.29) is 42.7 Å². The number of alkyl halides is 3. The van der Waals surface area contributed by atoms with E-state index in [1.165, 1.54) is 0 Å². The molecule has 4 N–H and O–H groups in total. The molecule has 3 unspecified atom stereocenters. The molecule has 0 radical (unpaired) electrons. The molecule has 13 heteroatoms. The van der Waals surface area contributed by atoms with Gasteiger partial charge >= 0.3 is 13.3 Å². The monoisotopic (exact) mass is 566 g/mol. The summed E-state index contributed by atoms with van der Waals surface area (Å²) in [6.07, 6.45) is -3.23. The van der Waals surface area contributed by atoms with E-state index in [0.717, 1.165) is 0 Å². The van der Waals surface area contributed by atoms with Crippen LogP contribution in [0.5, 0.6) is 0 Å². The van der Waals surface area contributed by atoms with Crippen molar-refractivity contribution in [3.8, 4) is 6.07 Å². The van der Waals surface area contributed by atoms with E-state index in [9.17, 15) is 38.1 Å². The van der Waals surface area contributed by atoms with Crippen molar-refractivity contribution in [2.75, 3.05) is 26.3 Å². The normalized spacial score (nSPS) is 25.8. The van der Waals surface area contributed by atoms with E-state index >= 15 is 0 Å². The van der Waals surface area contributed by atoms with E-state index in [0.29, 0.717) is 24.9 Å². The smallest absolute Gasteiger partial charge is 0.426 e. The molecule has 1 heterocycles. The molecule has 40 heavy (non-hydrogen) atoms. The van der Waals surface area contributed by atoms with Gasteiger partial charge in [0.2, 0.25) is 11.8 Å². The second-order valence-corrected chi connectivity index (χ2v) is 11.1. The molecule has 1 saturated heterocycles. The standard InChI is InChI=1S/C27H38BF3N4O5/c1-17(2)23-18(3)26(23,15-32)25(37)35-11-7-10-20(35)13-40-14-21(33-16-27(29,30)31)24(36)34-22(28(38)39)12-19-8-5-4-6-9-19/h4-6,8-9,17-18,20-23,33,38-39H,7,10-14,16H2,1-3H3,(H,34,36)/t18?,20-,21+,22+,23?,26?/m1/s1. The molecule has 2 aliphatic rings. The van der Waals surface area contributed by atoms with E-state index in [1.807, 2.05) is 20.8 Å². The lowest BCUT2D eigenvalue weighted by Crippen LogP contribution is -2.56. The van der Waals surface area contributed by atoms with Crippen LogP contribution in [-0.4, -0.2) is 84.4 Å². The first-order chi connectivity index (χ1) is 18.8. The molecule has 0 spiro atoms. The second kappa shape index (κ2) is 13.3. The number of likely N-dealkylation sites (tertiary alicyclic amines) is 1. The predicted octanol–water partition coefficient (Wildman–Crippen LogP) is 1.69. The number of nitriles is 1. The fourth-order valence-electron chi connectivity index (χ4n) is 5.94. The molecule has 1 saturated carbocycles. The molecule has 1 aromatic carbocycles. The molecule has 9 nitrogen and oxygen atoms in total. The van der Waals surface area contributed by atoms with Gasteiger partial charge in [0.05, 0.1) is 37.8 Å². The quantitative estimate of drug-likeness (QED) is 0.267. The maximum Gasteiger partial charge on any atom is 0.475 e. The molecular weight excluding hydrogens is 528 g/mol. The van der Waals surface area contributed by atoms with E-state index in [1.54, 1.807) is 35.2 Å². The SMILES string of the molecule is CC(C)C1C(C)C1(C#N)C(=O)N1CCC[C@@H]1COC[C@H](NCC(F)(F)F)C(=O)N[C@@H](Cc1ccccc1)B(O)O. The van der Waals surface area contributed by atoms with Crippen LogP contribution in [0.4, 0.5) is 13.2 Å². The van der Waals surface area contributed by atoms with Gasteiger partial charge in [0.15, 0.2) is 0 Å². The van der Waals surface area contributed by atoms with Gasteiger partial charge in [-0.25, -0.2) is 0 Å². The van der Waals surface area contributed by atoms with Gasteiger partial charge in [-0.15, -0.1) is 0 Å². The number of hydrogen-bond acceptors (Lipinski definition) is 7. The largest absolute Gasteiger partial charge is 0.475 e. The molecule has 2 fully saturated rings. The van der Waals surface area contributed by atoms with Gasteiger partial charge in [-0.1, -0.05) is 51.1 Å². The highest BCUT2D eigenvalue weighted by Gasteiger charge is 2.70.